The summed E-state index contributed by atoms with van der Waals surface area (Å²) in [5, 5.41) is 5.64. The van der Waals surface area contributed by atoms with Gasteiger partial charge in [-0.05, 0) is 20.8 Å². The van der Waals surface area contributed by atoms with Crippen LogP contribution in [0, 0.1) is 0 Å². The van der Waals surface area contributed by atoms with Gasteiger partial charge >= 0.3 is 6.03 Å². The van der Waals surface area contributed by atoms with E-state index in [1.54, 1.807) is 6.20 Å². The lowest BCUT2D eigenvalue weighted by Gasteiger charge is -2.20. The average molecular weight is 224 g/mol. The molecule has 0 fully saturated rings. The predicted octanol–water partition coefficient (Wildman–Crippen LogP) is 1.06. The topological polar surface area (TPSA) is 59.0 Å². The number of rotatable bonds is 3. The van der Waals surface area contributed by atoms with Crippen LogP contribution in [0.15, 0.2) is 12.4 Å². The van der Waals surface area contributed by atoms with Crippen LogP contribution >= 0.6 is 0 Å². The molecule has 0 aliphatic heterocycles. The summed E-state index contributed by atoms with van der Waals surface area (Å²) in [6.07, 6.45) is 4.39. The van der Waals surface area contributed by atoms with Crippen molar-refractivity contribution < 1.29 is 4.79 Å². The molecule has 1 rings (SSSR count). The van der Waals surface area contributed by atoms with Crippen LogP contribution in [-0.4, -0.2) is 27.7 Å². The number of amides is 2. The monoisotopic (exact) mass is 224 g/mol. The van der Waals surface area contributed by atoms with Gasteiger partial charge in [-0.3, -0.25) is 0 Å². The summed E-state index contributed by atoms with van der Waals surface area (Å²) in [5.41, 5.74) is -0.201. The average Bonchev–Trinajstić information content (AvgIpc) is 2.48. The second kappa shape index (κ2) is 5.01. The molecule has 1 heterocycles. The van der Waals surface area contributed by atoms with Crippen LogP contribution < -0.4 is 10.6 Å². The molecular formula is C11H20N4O. The quantitative estimate of drug-likeness (QED) is 0.806. The fourth-order valence-electron chi connectivity index (χ4n) is 1.31. The van der Waals surface area contributed by atoms with Gasteiger partial charge in [-0.15, -0.1) is 0 Å². The van der Waals surface area contributed by atoms with Gasteiger partial charge in [-0.1, -0.05) is 0 Å². The molecule has 5 heteroatoms. The summed E-state index contributed by atoms with van der Waals surface area (Å²) in [4.78, 5) is 15.6. The molecule has 0 radical (unpaired) electrons. The zero-order valence-corrected chi connectivity index (χ0v) is 10.4. The van der Waals surface area contributed by atoms with Gasteiger partial charge in [0.25, 0.3) is 0 Å². The van der Waals surface area contributed by atoms with Crippen LogP contribution in [0.3, 0.4) is 0 Å². The molecule has 0 aromatic carbocycles. The second-order valence-corrected chi connectivity index (χ2v) is 4.84. The van der Waals surface area contributed by atoms with Crippen LogP contribution in [0.25, 0.3) is 0 Å². The van der Waals surface area contributed by atoms with Crippen molar-refractivity contribution in [2.24, 2.45) is 7.05 Å². The largest absolute Gasteiger partial charge is 0.338 e. The maximum atomic E-state index is 11.4. The molecule has 0 saturated heterocycles. The molecule has 0 saturated carbocycles. The van der Waals surface area contributed by atoms with E-state index in [9.17, 15) is 4.79 Å². The minimum absolute atomic E-state index is 0.137. The highest BCUT2D eigenvalue weighted by atomic mass is 16.2. The smallest absolute Gasteiger partial charge is 0.315 e. The highest BCUT2D eigenvalue weighted by Crippen LogP contribution is 1.98. The van der Waals surface area contributed by atoms with Gasteiger partial charge in [0.2, 0.25) is 0 Å². The van der Waals surface area contributed by atoms with E-state index in [4.69, 9.17) is 0 Å². The molecule has 0 atom stereocenters. The molecule has 2 N–H and O–H groups in total. The van der Waals surface area contributed by atoms with Crippen molar-refractivity contribution in [2.45, 2.75) is 32.7 Å². The first kappa shape index (κ1) is 12.5. The van der Waals surface area contributed by atoms with Crippen molar-refractivity contribution >= 4 is 6.03 Å². The Labute approximate surface area is 96.3 Å². The van der Waals surface area contributed by atoms with E-state index >= 15 is 0 Å². The molecule has 5 nitrogen and oxygen atoms in total. The van der Waals surface area contributed by atoms with E-state index in [0.717, 1.165) is 12.2 Å². The molecular weight excluding hydrogens is 204 g/mol. The number of carbonyl (C=O) groups is 1. The third-order valence-electron chi connectivity index (χ3n) is 2.04. The van der Waals surface area contributed by atoms with E-state index in [2.05, 4.69) is 15.6 Å². The van der Waals surface area contributed by atoms with Crippen molar-refractivity contribution in [1.29, 1.82) is 0 Å². The molecule has 2 amide bonds. The standard InChI is InChI=1S/C11H20N4O/c1-11(2,3)14-10(16)13-6-5-9-12-7-8-15(9)4/h7-8H,5-6H2,1-4H3,(H2,13,14,16). The number of aryl methyl sites for hydroxylation is 1. The van der Waals surface area contributed by atoms with E-state index in [0.29, 0.717) is 6.54 Å². The molecule has 16 heavy (non-hydrogen) atoms. The van der Waals surface area contributed by atoms with Gasteiger partial charge < -0.3 is 15.2 Å². The maximum Gasteiger partial charge on any atom is 0.315 e. The maximum absolute atomic E-state index is 11.4. The SMILES string of the molecule is Cn1ccnc1CCNC(=O)NC(C)(C)C. The van der Waals surface area contributed by atoms with E-state index in [-0.39, 0.29) is 11.6 Å². The first-order valence-electron chi connectivity index (χ1n) is 5.41. The van der Waals surface area contributed by atoms with Crippen molar-refractivity contribution in [1.82, 2.24) is 20.2 Å². The number of imidazole rings is 1. The second-order valence-electron chi connectivity index (χ2n) is 4.84. The Kier molecular flexibility index (Phi) is 3.93. The fourth-order valence-corrected chi connectivity index (χ4v) is 1.31. The van der Waals surface area contributed by atoms with Gasteiger partial charge in [-0.2, -0.15) is 0 Å². The lowest BCUT2D eigenvalue weighted by molar-refractivity contribution is 0.232. The fraction of sp³-hybridized carbons (Fsp3) is 0.636. The Morgan fingerprint density at radius 1 is 1.50 bits per heavy atom. The van der Waals surface area contributed by atoms with E-state index in [1.165, 1.54) is 0 Å². The van der Waals surface area contributed by atoms with E-state index in [1.807, 2.05) is 38.6 Å². The summed E-state index contributed by atoms with van der Waals surface area (Å²) in [6.45, 7) is 6.44. The Balaban J connectivity index is 2.26. The highest BCUT2D eigenvalue weighted by molar-refractivity contribution is 5.74. The zero-order chi connectivity index (χ0) is 12.2. The zero-order valence-electron chi connectivity index (χ0n) is 10.4. The summed E-state index contributed by atoms with van der Waals surface area (Å²) in [6, 6.07) is -0.137. The Morgan fingerprint density at radius 2 is 2.19 bits per heavy atom. The molecule has 1 aromatic rings. The van der Waals surface area contributed by atoms with Gasteiger partial charge in [0.15, 0.2) is 0 Å². The predicted molar refractivity (Wildman–Crippen MR) is 63.2 cm³/mol. The molecule has 0 unspecified atom stereocenters. The molecule has 1 aromatic heterocycles. The Morgan fingerprint density at radius 3 is 2.69 bits per heavy atom. The van der Waals surface area contributed by atoms with Crippen molar-refractivity contribution in [3.63, 3.8) is 0 Å². The molecule has 0 bridgehead atoms. The first-order valence-corrected chi connectivity index (χ1v) is 5.41. The van der Waals surface area contributed by atoms with Crippen LogP contribution in [0.1, 0.15) is 26.6 Å². The summed E-state index contributed by atoms with van der Waals surface area (Å²) in [5.74, 6) is 0.969. The first-order chi connectivity index (χ1) is 7.38. The molecule has 0 aliphatic rings. The lowest BCUT2D eigenvalue weighted by Crippen LogP contribution is -2.46. The van der Waals surface area contributed by atoms with E-state index < -0.39 is 0 Å². The number of urea groups is 1. The number of aromatic nitrogens is 2. The summed E-state index contributed by atoms with van der Waals surface area (Å²) >= 11 is 0. The Bertz CT molecular complexity index is 351. The van der Waals surface area contributed by atoms with Gasteiger partial charge in [0, 0.05) is 37.9 Å². The summed E-state index contributed by atoms with van der Waals surface area (Å²) in [7, 11) is 1.94. The molecule has 0 aliphatic carbocycles. The minimum atomic E-state index is -0.201. The number of hydrogen-bond acceptors (Lipinski definition) is 2. The van der Waals surface area contributed by atoms with Gasteiger partial charge in [-0.25, -0.2) is 9.78 Å². The van der Waals surface area contributed by atoms with Gasteiger partial charge in [0.1, 0.15) is 5.82 Å². The Hall–Kier alpha value is -1.52. The van der Waals surface area contributed by atoms with Crippen LogP contribution in [0.4, 0.5) is 4.79 Å². The lowest BCUT2D eigenvalue weighted by atomic mass is 10.1. The third-order valence-corrected chi connectivity index (χ3v) is 2.04. The van der Waals surface area contributed by atoms with Crippen LogP contribution in [-0.2, 0) is 13.5 Å². The van der Waals surface area contributed by atoms with Crippen molar-refractivity contribution in [3.05, 3.63) is 18.2 Å². The number of hydrogen-bond donors (Lipinski definition) is 2. The number of nitrogens with one attached hydrogen (secondary N) is 2. The normalized spacial score (nSPS) is 11.2. The molecule has 90 valence electrons. The van der Waals surface area contributed by atoms with Crippen LogP contribution in [0.2, 0.25) is 0 Å². The summed E-state index contributed by atoms with van der Waals surface area (Å²) < 4.78 is 1.95. The van der Waals surface area contributed by atoms with Crippen molar-refractivity contribution in [2.75, 3.05) is 6.54 Å². The van der Waals surface area contributed by atoms with Crippen molar-refractivity contribution in [3.8, 4) is 0 Å². The highest BCUT2D eigenvalue weighted by Gasteiger charge is 2.12. The van der Waals surface area contributed by atoms with Crippen LogP contribution in [0.5, 0.6) is 0 Å². The number of carbonyl (C=O) groups excluding carboxylic acids is 1. The van der Waals surface area contributed by atoms with Gasteiger partial charge in [0.05, 0.1) is 0 Å². The molecule has 0 spiro atoms. The minimum Gasteiger partial charge on any atom is -0.338 e. The number of nitrogens with zero attached hydrogens (tertiary/aromatic N) is 2. The third kappa shape index (κ3) is 4.33.